The van der Waals surface area contributed by atoms with Crippen molar-refractivity contribution in [2.75, 3.05) is 11.1 Å². The SMILES string of the molecule is Cc1ccc(C)c(NC(=O)CSc2nnc3ccc(-c4cccc([N+](=O)[O-])c4)nn23)c1. The second-order valence-corrected chi connectivity index (χ2v) is 7.88. The van der Waals surface area contributed by atoms with Crippen LogP contribution in [-0.4, -0.2) is 36.4 Å². The molecule has 156 valence electrons. The van der Waals surface area contributed by atoms with E-state index in [0.29, 0.717) is 22.1 Å². The Bertz CT molecular complexity index is 1300. The quantitative estimate of drug-likeness (QED) is 0.276. The minimum Gasteiger partial charge on any atom is -0.325 e. The zero-order valence-corrected chi connectivity index (χ0v) is 17.6. The van der Waals surface area contributed by atoms with Crippen molar-refractivity contribution < 1.29 is 9.72 Å². The molecule has 0 fully saturated rings. The number of rotatable bonds is 6. The molecule has 2 heterocycles. The van der Waals surface area contributed by atoms with Gasteiger partial charge in [-0.05, 0) is 43.2 Å². The number of carbonyl (C=O) groups excluding carboxylic acids is 1. The Hall–Kier alpha value is -3.79. The molecule has 9 nitrogen and oxygen atoms in total. The first kappa shape index (κ1) is 20.5. The van der Waals surface area contributed by atoms with E-state index in [-0.39, 0.29) is 17.3 Å². The summed E-state index contributed by atoms with van der Waals surface area (Å²) in [6.45, 7) is 3.91. The molecule has 10 heteroatoms. The van der Waals surface area contributed by atoms with Gasteiger partial charge in [0.25, 0.3) is 5.69 Å². The van der Waals surface area contributed by atoms with Crippen molar-refractivity contribution in [3.63, 3.8) is 0 Å². The third kappa shape index (κ3) is 4.53. The number of nitro benzene ring substituents is 1. The number of carbonyl (C=O) groups is 1. The van der Waals surface area contributed by atoms with Crippen LogP contribution in [-0.2, 0) is 4.79 Å². The van der Waals surface area contributed by atoms with Gasteiger partial charge in [0.15, 0.2) is 5.65 Å². The minimum absolute atomic E-state index is 0.0131. The van der Waals surface area contributed by atoms with Crippen molar-refractivity contribution in [1.29, 1.82) is 0 Å². The van der Waals surface area contributed by atoms with Crippen molar-refractivity contribution in [1.82, 2.24) is 19.8 Å². The zero-order valence-electron chi connectivity index (χ0n) is 16.8. The second-order valence-electron chi connectivity index (χ2n) is 6.93. The Kier molecular flexibility index (Phi) is 5.63. The van der Waals surface area contributed by atoms with E-state index in [9.17, 15) is 14.9 Å². The van der Waals surface area contributed by atoms with Gasteiger partial charge < -0.3 is 5.32 Å². The number of non-ortho nitro benzene ring substituents is 1. The molecule has 1 N–H and O–H groups in total. The fourth-order valence-corrected chi connectivity index (χ4v) is 3.67. The maximum atomic E-state index is 12.4. The van der Waals surface area contributed by atoms with E-state index in [1.165, 1.54) is 28.4 Å². The molecule has 0 bridgehead atoms. The van der Waals surface area contributed by atoms with Crippen LogP contribution < -0.4 is 5.32 Å². The van der Waals surface area contributed by atoms with Crippen LogP contribution in [0.1, 0.15) is 11.1 Å². The smallest absolute Gasteiger partial charge is 0.270 e. The van der Waals surface area contributed by atoms with Crippen molar-refractivity contribution >= 4 is 34.7 Å². The van der Waals surface area contributed by atoms with Crippen LogP contribution >= 0.6 is 11.8 Å². The summed E-state index contributed by atoms with van der Waals surface area (Å²) >= 11 is 1.21. The van der Waals surface area contributed by atoms with Crippen molar-refractivity contribution in [2.45, 2.75) is 19.0 Å². The molecular weight excluding hydrogens is 416 g/mol. The lowest BCUT2D eigenvalue weighted by Gasteiger charge is -2.09. The molecule has 1 amide bonds. The van der Waals surface area contributed by atoms with Crippen molar-refractivity contribution in [2.24, 2.45) is 0 Å². The number of aryl methyl sites for hydroxylation is 2. The molecule has 0 aliphatic carbocycles. The fourth-order valence-electron chi connectivity index (χ4n) is 2.98. The number of thioether (sulfide) groups is 1. The summed E-state index contributed by atoms with van der Waals surface area (Å²) in [7, 11) is 0. The summed E-state index contributed by atoms with van der Waals surface area (Å²) < 4.78 is 1.53. The zero-order chi connectivity index (χ0) is 22.0. The Morgan fingerprint density at radius 1 is 1.13 bits per heavy atom. The molecular formula is C21H18N6O3S. The van der Waals surface area contributed by atoms with Gasteiger partial charge in [-0.3, -0.25) is 14.9 Å². The topological polar surface area (TPSA) is 115 Å². The average Bonchev–Trinajstić information content (AvgIpc) is 3.17. The van der Waals surface area contributed by atoms with E-state index < -0.39 is 4.92 Å². The van der Waals surface area contributed by atoms with Crippen LogP contribution in [0.25, 0.3) is 16.9 Å². The molecule has 31 heavy (non-hydrogen) atoms. The van der Waals surface area contributed by atoms with Crippen LogP contribution in [0.5, 0.6) is 0 Å². The first-order valence-electron chi connectivity index (χ1n) is 9.38. The molecule has 0 spiro atoms. The van der Waals surface area contributed by atoms with Gasteiger partial charge in [0.1, 0.15) is 0 Å². The number of nitrogens with one attached hydrogen (secondary N) is 1. The van der Waals surface area contributed by atoms with Gasteiger partial charge in [-0.15, -0.1) is 10.2 Å². The van der Waals surface area contributed by atoms with Crippen LogP contribution in [0.15, 0.2) is 59.8 Å². The molecule has 0 unspecified atom stereocenters. The Morgan fingerprint density at radius 3 is 2.77 bits per heavy atom. The van der Waals surface area contributed by atoms with Gasteiger partial charge in [0.05, 0.1) is 16.4 Å². The highest BCUT2D eigenvalue weighted by Gasteiger charge is 2.14. The summed E-state index contributed by atoms with van der Waals surface area (Å²) in [6.07, 6.45) is 0. The first-order chi connectivity index (χ1) is 14.9. The van der Waals surface area contributed by atoms with Gasteiger partial charge in [-0.2, -0.15) is 9.61 Å². The van der Waals surface area contributed by atoms with Gasteiger partial charge in [0.2, 0.25) is 11.1 Å². The summed E-state index contributed by atoms with van der Waals surface area (Å²) in [5.41, 5.74) is 4.48. The predicted octanol–water partition coefficient (Wildman–Crippen LogP) is 4.05. The summed E-state index contributed by atoms with van der Waals surface area (Å²) in [6, 6.07) is 15.6. The standard InChI is InChI=1S/C21H18N6O3S/c1-13-6-7-14(2)18(10-13)22-20(28)12-31-21-24-23-19-9-8-17(25-26(19)21)15-4-3-5-16(11-15)27(29)30/h3-11H,12H2,1-2H3,(H,22,28). The van der Waals surface area contributed by atoms with Crippen LogP contribution in [0, 0.1) is 24.0 Å². The highest BCUT2D eigenvalue weighted by Crippen LogP contribution is 2.24. The molecule has 0 atom stereocenters. The lowest BCUT2D eigenvalue weighted by Crippen LogP contribution is -2.15. The van der Waals surface area contributed by atoms with Crippen LogP contribution in [0.2, 0.25) is 0 Å². The average molecular weight is 434 g/mol. The highest BCUT2D eigenvalue weighted by atomic mass is 32.2. The van der Waals surface area contributed by atoms with E-state index >= 15 is 0 Å². The molecule has 0 radical (unpaired) electrons. The highest BCUT2D eigenvalue weighted by molar-refractivity contribution is 7.99. The second kappa shape index (κ2) is 8.52. The molecule has 2 aromatic carbocycles. The third-order valence-electron chi connectivity index (χ3n) is 4.59. The van der Waals surface area contributed by atoms with E-state index in [4.69, 9.17) is 0 Å². The molecule has 0 saturated heterocycles. The predicted molar refractivity (Wildman–Crippen MR) is 118 cm³/mol. The minimum atomic E-state index is -0.448. The monoisotopic (exact) mass is 434 g/mol. The largest absolute Gasteiger partial charge is 0.325 e. The number of fused-ring (bicyclic) bond motifs is 1. The number of hydrogen-bond acceptors (Lipinski definition) is 7. The summed E-state index contributed by atoms with van der Waals surface area (Å²) in [5, 5.41) is 27.1. The van der Waals surface area contributed by atoms with E-state index in [1.54, 1.807) is 24.3 Å². The van der Waals surface area contributed by atoms with Gasteiger partial charge in [-0.25, -0.2) is 0 Å². The summed E-state index contributed by atoms with van der Waals surface area (Å²) in [5.74, 6) is -0.0260. The van der Waals surface area contributed by atoms with Crippen molar-refractivity contribution in [3.8, 4) is 11.3 Å². The van der Waals surface area contributed by atoms with E-state index in [0.717, 1.165) is 16.8 Å². The number of hydrogen-bond donors (Lipinski definition) is 1. The number of anilines is 1. The first-order valence-corrected chi connectivity index (χ1v) is 10.4. The molecule has 4 rings (SSSR count). The number of nitro groups is 1. The van der Waals surface area contributed by atoms with E-state index in [2.05, 4.69) is 20.6 Å². The number of aromatic nitrogens is 4. The Morgan fingerprint density at radius 2 is 1.97 bits per heavy atom. The van der Waals surface area contributed by atoms with Crippen molar-refractivity contribution in [3.05, 3.63) is 75.8 Å². The number of nitrogens with zero attached hydrogens (tertiary/aromatic N) is 5. The summed E-state index contributed by atoms with van der Waals surface area (Å²) in [4.78, 5) is 23.0. The lowest BCUT2D eigenvalue weighted by molar-refractivity contribution is -0.384. The molecule has 0 aliphatic rings. The molecule has 2 aromatic heterocycles. The van der Waals surface area contributed by atoms with Gasteiger partial charge in [0, 0.05) is 23.4 Å². The normalized spacial score (nSPS) is 10.9. The molecule has 4 aromatic rings. The Labute approximate surface area is 181 Å². The van der Waals surface area contributed by atoms with Crippen LogP contribution in [0.4, 0.5) is 11.4 Å². The third-order valence-corrected chi connectivity index (χ3v) is 5.51. The molecule has 0 saturated carbocycles. The van der Waals surface area contributed by atoms with E-state index in [1.807, 2.05) is 32.0 Å². The number of amides is 1. The van der Waals surface area contributed by atoms with Gasteiger partial charge >= 0.3 is 0 Å². The van der Waals surface area contributed by atoms with Crippen LogP contribution in [0.3, 0.4) is 0 Å². The Balaban J connectivity index is 1.53. The lowest BCUT2D eigenvalue weighted by atomic mass is 10.1. The fraction of sp³-hybridized carbons (Fsp3) is 0.143. The van der Waals surface area contributed by atoms with Gasteiger partial charge in [-0.1, -0.05) is 36.0 Å². The maximum absolute atomic E-state index is 12.4. The maximum Gasteiger partial charge on any atom is 0.270 e. The molecule has 0 aliphatic heterocycles. The number of benzene rings is 2.